The van der Waals surface area contributed by atoms with Crippen molar-refractivity contribution < 1.29 is 23.9 Å². The van der Waals surface area contributed by atoms with Crippen LogP contribution in [0.4, 0.5) is 0 Å². The van der Waals surface area contributed by atoms with Crippen molar-refractivity contribution in [3.8, 4) is 0 Å². The number of ether oxygens (including phenoxy) is 2. The van der Waals surface area contributed by atoms with Crippen molar-refractivity contribution in [2.45, 2.75) is 91.3 Å². The van der Waals surface area contributed by atoms with Gasteiger partial charge in [0.2, 0.25) is 0 Å². The lowest BCUT2D eigenvalue weighted by Gasteiger charge is -2.62. The largest absolute Gasteiger partial charge is 0.463 e. The Hall–Kier alpha value is -1.39. The summed E-state index contributed by atoms with van der Waals surface area (Å²) in [6, 6.07) is 0. The minimum absolute atomic E-state index is 0.0111. The van der Waals surface area contributed by atoms with E-state index in [2.05, 4.69) is 13.8 Å². The molecule has 1 unspecified atom stereocenters. The summed E-state index contributed by atoms with van der Waals surface area (Å²) in [4.78, 5) is 35.3. The van der Waals surface area contributed by atoms with Gasteiger partial charge in [-0.3, -0.25) is 9.59 Å². The number of rotatable bonds is 3. The monoisotopic (exact) mass is 404 g/mol. The molecule has 9 atom stereocenters. The molecule has 4 saturated carbocycles. The van der Waals surface area contributed by atoms with Crippen LogP contribution >= 0.6 is 0 Å². The number of hydrogen-bond donors (Lipinski definition) is 0. The number of aldehydes is 1. The Bertz CT molecular complexity index is 689. The maximum absolute atomic E-state index is 11.9. The molecule has 4 fully saturated rings. The molecule has 5 nitrogen and oxygen atoms in total. The number of carbonyl (C=O) groups is 3. The molecule has 0 heterocycles. The van der Waals surface area contributed by atoms with E-state index in [-0.39, 0.29) is 40.9 Å². The minimum atomic E-state index is -0.235. The minimum Gasteiger partial charge on any atom is -0.463 e. The molecule has 4 aliphatic rings. The highest BCUT2D eigenvalue weighted by molar-refractivity contribution is 5.67. The molecule has 0 bridgehead atoms. The molecule has 0 amide bonds. The molecule has 0 aromatic rings. The first-order valence-electron chi connectivity index (χ1n) is 11.5. The lowest BCUT2D eigenvalue weighted by Crippen LogP contribution is -2.59. The van der Waals surface area contributed by atoms with E-state index in [1.165, 1.54) is 26.7 Å². The second kappa shape index (κ2) is 7.39. The predicted molar refractivity (Wildman–Crippen MR) is 108 cm³/mol. The summed E-state index contributed by atoms with van der Waals surface area (Å²) in [6.07, 6.45) is 9.13. The van der Waals surface area contributed by atoms with Crippen molar-refractivity contribution in [1.82, 2.24) is 0 Å². The van der Waals surface area contributed by atoms with Gasteiger partial charge < -0.3 is 14.3 Å². The molecule has 4 aliphatic carbocycles. The average molecular weight is 405 g/mol. The molecule has 0 aromatic carbocycles. The second-order valence-corrected chi connectivity index (χ2v) is 10.7. The van der Waals surface area contributed by atoms with E-state index in [0.717, 1.165) is 44.8 Å². The zero-order chi connectivity index (χ0) is 21.0. The lowest BCUT2D eigenvalue weighted by molar-refractivity contribution is -0.194. The van der Waals surface area contributed by atoms with Crippen LogP contribution in [0.3, 0.4) is 0 Å². The van der Waals surface area contributed by atoms with Gasteiger partial charge in [-0.1, -0.05) is 13.8 Å². The third kappa shape index (κ3) is 3.23. The Morgan fingerprint density at radius 3 is 2.28 bits per heavy atom. The van der Waals surface area contributed by atoms with Gasteiger partial charge in [0, 0.05) is 25.2 Å². The summed E-state index contributed by atoms with van der Waals surface area (Å²) in [6.45, 7) is 7.63. The molecular formula is C24H36O5. The van der Waals surface area contributed by atoms with E-state index in [4.69, 9.17) is 9.47 Å². The van der Waals surface area contributed by atoms with Crippen molar-refractivity contribution in [3.63, 3.8) is 0 Å². The van der Waals surface area contributed by atoms with E-state index in [1.54, 1.807) is 0 Å². The molecule has 0 saturated heterocycles. The molecule has 0 N–H and O–H groups in total. The summed E-state index contributed by atoms with van der Waals surface area (Å²) >= 11 is 0. The van der Waals surface area contributed by atoms with Crippen LogP contribution < -0.4 is 0 Å². The van der Waals surface area contributed by atoms with Gasteiger partial charge in [-0.05, 0) is 80.5 Å². The van der Waals surface area contributed by atoms with Crippen molar-refractivity contribution in [3.05, 3.63) is 0 Å². The zero-order valence-electron chi connectivity index (χ0n) is 18.3. The first-order chi connectivity index (χ1) is 13.7. The van der Waals surface area contributed by atoms with Crippen LogP contribution in [-0.4, -0.2) is 30.4 Å². The SMILES string of the molecule is CC(=O)O[C@@H]1CC[C@@]2(C)[C@H](CC[C@@H]3[C@@H]2C[C@H](OC(C)=O)[C@]2(C)C(C=O)CC[C@@H]32)C1. The Labute approximate surface area is 174 Å². The van der Waals surface area contributed by atoms with Gasteiger partial charge in [0.25, 0.3) is 0 Å². The summed E-state index contributed by atoms with van der Waals surface area (Å²) in [7, 11) is 0. The maximum atomic E-state index is 11.9. The molecule has 5 heteroatoms. The number of hydrogen-bond acceptors (Lipinski definition) is 5. The first-order valence-corrected chi connectivity index (χ1v) is 11.5. The van der Waals surface area contributed by atoms with Crippen molar-refractivity contribution in [2.75, 3.05) is 0 Å². The molecule has 0 aliphatic heterocycles. The van der Waals surface area contributed by atoms with Crippen molar-refractivity contribution >= 4 is 18.2 Å². The van der Waals surface area contributed by atoms with E-state index in [0.29, 0.717) is 23.7 Å². The Morgan fingerprint density at radius 2 is 1.62 bits per heavy atom. The van der Waals surface area contributed by atoms with Gasteiger partial charge in [0.1, 0.15) is 18.5 Å². The summed E-state index contributed by atoms with van der Waals surface area (Å²) < 4.78 is 11.5. The van der Waals surface area contributed by atoms with Crippen LogP contribution in [0.5, 0.6) is 0 Å². The third-order valence-electron chi connectivity index (χ3n) is 9.57. The number of esters is 2. The highest BCUT2D eigenvalue weighted by Crippen LogP contribution is 2.67. The summed E-state index contributed by atoms with van der Waals surface area (Å²) in [5, 5.41) is 0. The van der Waals surface area contributed by atoms with Gasteiger partial charge >= 0.3 is 11.9 Å². The van der Waals surface area contributed by atoms with Crippen LogP contribution in [0, 0.1) is 40.4 Å². The van der Waals surface area contributed by atoms with Crippen molar-refractivity contribution in [2.24, 2.45) is 40.4 Å². The second-order valence-electron chi connectivity index (χ2n) is 10.7. The van der Waals surface area contributed by atoms with E-state index >= 15 is 0 Å². The van der Waals surface area contributed by atoms with Gasteiger partial charge in [-0.25, -0.2) is 0 Å². The molecule has 162 valence electrons. The highest BCUT2D eigenvalue weighted by Gasteiger charge is 2.64. The highest BCUT2D eigenvalue weighted by atomic mass is 16.5. The first kappa shape index (κ1) is 20.9. The zero-order valence-corrected chi connectivity index (χ0v) is 18.3. The predicted octanol–water partition coefficient (Wildman–Crippen LogP) is 4.32. The van der Waals surface area contributed by atoms with Crippen LogP contribution in [0.1, 0.15) is 79.1 Å². The van der Waals surface area contributed by atoms with Crippen LogP contribution in [0.25, 0.3) is 0 Å². The number of fused-ring (bicyclic) bond motifs is 5. The molecule has 0 spiro atoms. The fourth-order valence-corrected chi connectivity index (χ4v) is 8.15. The smallest absolute Gasteiger partial charge is 0.302 e. The van der Waals surface area contributed by atoms with E-state index in [1.807, 2.05) is 0 Å². The summed E-state index contributed by atoms with van der Waals surface area (Å²) in [5.41, 5.74) is -0.0364. The standard InChI is InChI=1S/C24H36O5/c1-14(26)28-18-9-10-23(3)16(11-18)5-7-19-20-8-6-17(13-25)24(20,4)22(12-21(19)23)29-15(2)27/h13,16-22H,5-12H2,1-4H3/t16-,17?,18-,19+,20+,21+,22+,23+,24-/m1/s1. The maximum Gasteiger partial charge on any atom is 0.302 e. The normalized spacial score (nSPS) is 48.6. The molecule has 0 aromatic heterocycles. The van der Waals surface area contributed by atoms with Gasteiger partial charge in [0.15, 0.2) is 0 Å². The fourth-order valence-electron chi connectivity index (χ4n) is 8.15. The lowest BCUT2D eigenvalue weighted by atomic mass is 9.44. The Balaban J connectivity index is 1.62. The quantitative estimate of drug-likeness (QED) is 0.518. The van der Waals surface area contributed by atoms with E-state index < -0.39 is 0 Å². The van der Waals surface area contributed by atoms with E-state index in [9.17, 15) is 14.4 Å². The van der Waals surface area contributed by atoms with Gasteiger partial charge in [-0.15, -0.1) is 0 Å². The molecular weight excluding hydrogens is 368 g/mol. The fraction of sp³-hybridized carbons (Fsp3) is 0.875. The van der Waals surface area contributed by atoms with Crippen molar-refractivity contribution in [1.29, 1.82) is 0 Å². The third-order valence-corrected chi connectivity index (χ3v) is 9.57. The summed E-state index contributed by atoms with van der Waals surface area (Å²) in [5.74, 6) is 1.68. The van der Waals surface area contributed by atoms with Crippen LogP contribution in [0.2, 0.25) is 0 Å². The molecule has 29 heavy (non-hydrogen) atoms. The van der Waals surface area contributed by atoms with Crippen LogP contribution in [-0.2, 0) is 23.9 Å². The average Bonchev–Trinajstić information content (AvgIpc) is 2.99. The van der Waals surface area contributed by atoms with Gasteiger partial charge in [-0.2, -0.15) is 0 Å². The van der Waals surface area contributed by atoms with Gasteiger partial charge in [0.05, 0.1) is 0 Å². The van der Waals surface area contributed by atoms with Crippen LogP contribution in [0.15, 0.2) is 0 Å². The molecule has 0 radical (unpaired) electrons. The Morgan fingerprint density at radius 1 is 0.897 bits per heavy atom. The Kier molecular flexibility index (Phi) is 5.31. The molecule has 4 rings (SSSR count). The topological polar surface area (TPSA) is 69.7 Å². The number of carbonyl (C=O) groups excluding carboxylic acids is 3.